The lowest BCUT2D eigenvalue weighted by molar-refractivity contribution is 0.551. The molecule has 0 aromatic carbocycles. The smallest absolute Gasteiger partial charge is 0.272 e. The lowest BCUT2D eigenvalue weighted by Crippen LogP contribution is -1.96. The van der Waals surface area contributed by atoms with Crippen LogP contribution < -0.4 is 0 Å². The Balaban J connectivity index is 2.95. The molecule has 6 heteroatoms. The van der Waals surface area contributed by atoms with Gasteiger partial charge in [0.05, 0.1) is 5.69 Å². The van der Waals surface area contributed by atoms with E-state index in [-0.39, 0.29) is 0 Å². The Bertz CT molecular complexity index is 397. The molecule has 0 aliphatic heterocycles. The van der Waals surface area contributed by atoms with Crippen LogP contribution in [0, 0.1) is 6.92 Å². The summed E-state index contributed by atoms with van der Waals surface area (Å²) in [7, 11) is -4.45. The van der Waals surface area contributed by atoms with E-state index >= 15 is 0 Å². The van der Waals surface area contributed by atoms with Crippen LogP contribution in [0.2, 0.25) is 0 Å². The molecule has 74 valence electrons. The maximum absolute atomic E-state index is 12.3. The SMILES string of the molecule is CCn1cc(CS(=O)(=O)F)c(C)n1. The van der Waals surface area contributed by atoms with E-state index in [1.807, 2.05) is 6.92 Å². The molecule has 0 unspecified atom stereocenters. The van der Waals surface area contributed by atoms with E-state index in [1.54, 1.807) is 17.8 Å². The van der Waals surface area contributed by atoms with Crippen LogP contribution in [0.1, 0.15) is 18.2 Å². The molecule has 0 radical (unpaired) electrons. The molecule has 0 atom stereocenters. The molecule has 0 fully saturated rings. The van der Waals surface area contributed by atoms with Gasteiger partial charge < -0.3 is 0 Å². The Morgan fingerprint density at radius 3 is 2.62 bits per heavy atom. The first-order valence-electron chi connectivity index (χ1n) is 3.87. The van der Waals surface area contributed by atoms with Gasteiger partial charge in [0.15, 0.2) is 0 Å². The summed E-state index contributed by atoms with van der Waals surface area (Å²) in [4.78, 5) is 0. The van der Waals surface area contributed by atoms with E-state index in [4.69, 9.17) is 0 Å². The zero-order valence-corrected chi connectivity index (χ0v) is 8.31. The van der Waals surface area contributed by atoms with E-state index in [0.717, 1.165) is 0 Å². The van der Waals surface area contributed by atoms with Gasteiger partial charge in [-0.2, -0.15) is 13.5 Å². The highest BCUT2D eigenvalue weighted by atomic mass is 32.3. The van der Waals surface area contributed by atoms with Crippen molar-refractivity contribution in [2.45, 2.75) is 26.1 Å². The zero-order valence-electron chi connectivity index (χ0n) is 7.49. The Labute approximate surface area is 76.6 Å². The van der Waals surface area contributed by atoms with Crippen LogP contribution >= 0.6 is 0 Å². The molecule has 0 saturated heterocycles. The fraction of sp³-hybridized carbons (Fsp3) is 0.571. The summed E-state index contributed by atoms with van der Waals surface area (Å²) < 4.78 is 34.6. The fourth-order valence-corrected chi connectivity index (χ4v) is 1.70. The lowest BCUT2D eigenvalue weighted by atomic mass is 10.3. The highest BCUT2D eigenvalue weighted by Gasteiger charge is 2.13. The largest absolute Gasteiger partial charge is 0.306 e. The molecular formula is C7H11FN2O2S. The first-order chi connectivity index (χ1) is 5.92. The molecule has 13 heavy (non-hydrogen) atoms. The van der Waals surface area contributed by atoms with Crippen molar-refractivity contribution in [2.75, 3.05) is 0 Å². The maximum atomic E-state index is 12.3. The molecule has 4 nitrogen and oxygen atoms in total. The Morgan fingerprint density at radius 2 is 2.23 bits per heavy atom. The fourth-order valence-electron chi connectivity index (χ4n) is 1.05. The average Bonchev–Trinajstić information content (AvgIpc) is 2.29. The minimum absolute atomic E-state index is 0.421. The lowest BCUT2D eigenvalue weighted by Gasteiger charge is -1.91. The molecule has 1 aromatic heterocycles. The van der Waals surface area contributed by atoms with Gasteiger partial charge in [-0.1, -0.05) is 0 Å². The number of rotatable bonds is 3. The molecular weight excluding hydrogens is 195 g/mol. The number of halogens is 1. The van der Waals surface area contributed by atoms with E-state index in [9.17, 15) is 12.3 Å². The van der Waals surface area contributed by atoms with E-state index in [2.05, 4.69) is 5.10 Å². The summed E-state index contributed by atoms with van der Waals surface area (Å²) >= 11 is 0. The minimum Gasteiger partial charge on any atom is -0.272 e. The second-order valence-corrected chi connectivity index (χ2v) is 4.14. The van der Waals surface area contributed by atoms with Gasteiger partial charge in [0.1, 0.15) is 5.75 Å². The molecule has 0 bridgehead atoms. The average molecular weight is 206 g/mol. The van der Waals surface area contributed by atoms with Gasteiger partial charge in [-0.15, -0.1) is 3.89 Å². The molecule has 1 aromatic rings. The van der Waals surface area contributed by atoms with Gasteiger partial charge in [-0.3, -0.25) is 4.68 Å². The van der Waals surface area contributed by atoms with Crippen molar-refractivity contribution in [3.8, 4) is 0 Å². The molecule has 0 aliphatic carbocycles. The highest BCUT2D eigenvalue weighted by molar-refractivity contribution is 7.85. The number of hydrogen-bond acceptors (Lipinski definition) is 3. The number of aryl methyl sites for hydroxylation is 2. The summed E-state index contributed by atoms with van der Waals surface area (Å²) in [6.07, 6.45) is 1.55. The van der Waals surface area contributed by atoms with Crippen LogP contribution in [-0.2, 0) is 22.5 Å². The number of nitrogens with zero attached hydrogens (tertiary/aromatic N) is 2. The summed E-state index contributed by atoms with van der Waals surface area (Å²) in [6, 6.07) is 0. The van der Waals surface area contributed by atoms with Gasteiger partial charge in [-0.05, 0) is 13.8 Å². The van der Waals surface area contributed by atoms with E-state index in [1.165, 1.54) is 0 Å². The topological polar surface area (TPSA) is 52.0 Å². The van der Waals surface area contributed by atoms with Gasteiger partial charge in [0, 0.05) is 18.3 Å². The van der Waals surface area contributed by atoms with Crippen LogP contribution in [0.3, 0.4) is 0 Å². The van der Waals surface area contributed by atoms with Crippen LogP contribution in [0.15, 0.2) is 6.20 Å². The third kappa shape index (κ3) is 2.80. The predicted molar refractivity (Wildman–Crippen MR) is 46.4 cm³/mol. The van der Waals surface area contributed by atoms with Crippen molar-refractivity contribution < 1.29 is 12.3 Å². The van der Waals surface area contributed by atoms with E-state index in [0.29, 0.717) is 17.8 Å². The molecule has 1 heterocycles. The van der Waals surface area contributed by atoms with Gasteiger partial charge in [-0.25, -0.2) is 0 Å². The van der Waals surface area contributed by atoms with Gasteiger partial charge in [0.25, 0.3) is 0 Å². The first kappa shape index (κ1) is 10.2. The normalized spacial score (nSPS) is 11.9. The summed E-state index contributed by atoms with van der Waals surface area (Å²) in [5, 5.41) is 4.00. The van der Waals surface area contributed by atoms with E-state index < -0.39 is 16.0 Å². The molecule has 0 aliphatic rings. The maximum Gasteiger partial charge on any atom is 0.306 e. The second kappa shape index (κ2) is 3.45. The molecule has 0 spiro atoms. The summed E-state index contributed by atoms with van der Waals surface area (Å²) in [5.74, 6) is -0.584. The van der Waals surface area contributed by atoms with Crippen LogP contribution in [0.25, 0.3) is 0 Å². The van der Waals surface area contributed by atoms with Crippen molar-refractivity contribution in [3.63, 3.8) is 0 Å². The Kier molecular flexibility index (Phi) is 2.70. The molecule has 0 saturated carbocycles. The van der Waals surface area contributed by atoms with Crippen LogP contribution in [-0.4, -0.2) is 18.2 Å². The predicted octanol–water partition coefficient (Wildman–Crippen LogP) is 1.01. The van der Waals surface area contributed by atoms with Crippen LogP contribution in [0.5, 0.6) is 0 Å². The standard InChI is InChI=1S/C7H11FN2O2S/c1-3-10-4-7(6(2)9-10)5-13(8,11)12/h4H,3,5H2,1-2H3. The van der Waals surface area contributed by atoms with Crippen molar-refractivity contribution in [3.05, 3.63) is 17.5 Å². The molecule has 0 amide bonds. The minimum atomic E-state index is -4.45. The molecule has 1 rings (SSSR count). The van der Waals surface area contributed by atoms with Gasteiger partial charge in [0.2, 0.25) is 0 Å². The third-order valence-electron chi connectivity index (χ3n) is 1.70. The van der Waals surface area contributed by atoms with Crippen molar-refractivity contribution in [2.24, 2.45) is 0 Å². The zero-order chi connectivity index (χ0) is 10.1. The summed E-state index contributed by atoms with van der Waals surface area (Å²) in [6.45, 7) is 4.18. The first-order valence-corrected chi connectivity index (χ1v) is 5.43. The van der Waals surface area contributed by atoms with Crippen molar-refractivity contribution in [1.82, 2.24) is 9.78 Å². The van der Waals surface area contributed by atoms with Gasteiger partial charge >= 0.3 is 10.2 Å². The Morgan fingerprint density at radius 1 is 1.62 bits per heavy atom. The third-order valence-corrected chi connectivity index (χ3v) is 2.36. The Hall–Kier alpha value is -0.910. The van der Waals surface area contributed by atoms with Crippen molar-refractivity contribution >= 4 is 10.2 Å². The second-order valence-electron chi connectivity index (χ2n) is 2.78. The highest BCUT2D eigenvalue weighted by Crippen LogP contribution is 2.11. The quantitative estimate of drug-likeness (QED) is 0.693. The van der Waals surface area contributed by atoms with Crippen molar-refractivity contribution in [1.29, 1.82) is 0 Å². The number of hydrogen-bond donors (Lipinski definition) is 0. The van der Waals surface area contributed by atoms with Crippen LogP contribution in [0.4, 0.5) is 3.89 Å². The number of aromatic nitrogens is 2. The summed E-state index contributed by atoms with van der Waals surface area (Å²) in [5.41, 5.74) is 0.979. The molecule has 0 N–H and O–H groups in total. The monoisotopic (exact) mass is 206 g/mol.